The molecule has 0 spiro atoms. The lowest BCUT2D eigenvalue weighted by molar-refractivity contribution is -0.117. The van der Waals surface area contributed by atoms with Gasteiger partial charge < -0.3 is 23.9 Å². The van der Waals surface area contributed by atoms with Crippen LogP contribution >= 0.6 is 0 Å². The van der Waals surface area contributed by atoms with Crippen molar-refractivity contribution in [3.63, 3.8) is 0 Å². The second-order valence-corrected chi connectivity index (χ2v) is 7.56. The number of hydrogen-bond donors (Lipinski definition) is 0. The van der Waals surface area contributed by atoms with Crippen LogP contribution in [0.5, 0.6) is 0 Å². The van der Waals surface area contributed by atoms with Crippen molar-refractivity contribution in [2.45, 2.75) is 0 Å². The van der Waals surface area contributed by atoms with Crippen LogP contribution < -0.4 is 0 Å². The minimum Gasteiger partial charge on any atom is -0.417 e. The van der Waals surface area contributed by atoms with Gasteiger partial charge >= 0.3 is 0 Å². The van der Waals surface area contributed by atoms with Gasteiger partial charge in [0.05, 0.1) is 18.9 Å². The van der Waals surface area contributed by atoms with Crippen molar-refractivity contribution in [1.29, 1.82) is 0 Å². The lowest BCUT2D eigenvalue weighted by Crippen LogP contribution is -2.29. The van der Waals surface area contributed by atoms with Crippen LogP contribution in [0.1, 0.15) is 0 Å². The van der Waals surface area contributed by atoms with E-state index in [0.29, 0.717) is 23.7 Å². The van der Waals surface area contributed by atoms with Crippen molar-refractivity contribution in [2.75, 3.05) is 59.6 Å². The Labute approximate surface area is 150 Å². The van der Waals surface area contributed by atoms with Gasteiger partial charge in [0.1, 0.15) is 11.4 Å². The SMILES string of the molecule is C=C[SiH2]OCCOC.O=C1C=C(N2CC2)C(=O)C(N2CC2)=C1N1CC1. The summed E-state index contributed by atoms with van der Waals surface area (Å²) < 4.78 is 9.87. The van der Waals surface area contributed by atoms with Gasteiger partial charge in [0.2, 0.25) is 11.6 Å². The topological polar surface area (TPSA) is 61.6 Å². The van der Waals surface area contributed by atoms with Crippen LogP contribution in [0.2, 0.25) is 0 Å². The molecule has 3 aliphatic heterocycles. The van der Waals surface area contributed by atoms with E-state index in [1.165, 1.54) is 6.08 Å². The number of Topliss-reactive ketones (excluding diaryl/α,β-unsaturated/α-hetero) is 1. The molecule has 0 aromatic heterocycles. The number of carbonyl (C=O) groups is 2. The number of hydrogen-bond acceptors (Lipinski definition) is 7. The van der Waals surface area contributed by atoms with Gasteiger partial charge in [-0.2, -0.15) is 0 Å². The zero-order valence-electron chi connectivity index (χ0n) is 14.7. The first-order valence-corrected chi connectivity index (χ1v) is 10.0. The summed E-state index contributed by atoms with van der Waals surface area (Å²) in [5.41, 5.74) is 3.74. The molecule has 8 heteroatoms. The third kappa shape index (κ3) is 4.59. The quantitative estimate of drug-likeness (QED) is 0.239. The fourth-order valence-electron chi connectivity index (χ4n) is 2.58. The van der Waals surface area contributed by atoms with E-state index in [0.717, 1.165) is 45.9 Å². The third-order valence-corrected chi connectivity index (χ3v) is 4.92. The molecule has 0 saturated carbocycles. The highest BCUT2D eigenvalue weighted by Gasteiger charge is 2.43. The average Bonchev–Trinajstić information content (AvgIpc) is 3.47. The van der Waals surface area contributed by atoms with Gasteiger partial charge in [0.25, 0.3) is 0 Å². The van der Waals surface area contributed by atoms with Gasteiger partial charge in [0.15, 0.2) is 9.76 Å². The molecule has 1 aliphatic carbocycles. The molecule has 3 fully saturated rings. The number of allylic oxidation sites excluding steroid dienone is 1. The predicted molar refractivity (Wildman–Crippen MR) is 96.4 cm³/mol. The standard InChI is InChI=1S/C12H13N3O2.C5H12O2Si/c16-9-7-8(13-1-2-13)12(17)11(15-5-6-15)10(9)14-3-4-14;1-3-8-7-5-4-6-2/h7H,1-6H2;3H,1,4-5,8H2,2H3. The maximum absolute atomic E-state index is 12.4. The molecule has 0 N–H and O–H groups in total. The number of carbonyl (C=O) groups excluding carboxylic acids is 2. The minimum atomic E-state index is -0.415. The van der Waals surface area contributed by atoms with E-state index in [-0.39, 0.29) is 11.6 Å². The molecule has 0 aromatic carbocycles. The molecule has 0 amide bonds. The van der Waals surface area contributed by atoms with Crippen LogP contribution in [0.25, 0.3) is 0 Å². The zero-order valence-corrected chi connectivity index (χ0v) is 16.1. The van der Waals surface area contributed by atoms with Crippen LogP contribution in [-0.4, -0.2) is 95.6 Å². The Morgan fingerprint density at radius 3 is 2.16 bits per heavy atom. The van der Waals surface area contributed by atoms with Crippen LogP contribution in [0.15, 0.2) is 35.4 Å². The van der Waals surface area contributed by atoms with E-state index >= 15 is 0 Å². The number of methoxy groups -OCH3 is 1. The molecule has 4 aliphatic rings. The Morgan fingerprint density at radius 2 is 1.64 bits per heavy atom. The van der Waals surface area contributed by atoms with Crippen molar-refractivity contribution in [3.05, 3.63) is 35.4 Å². The van der Waals surface area contributed by atoms with Crippen LogP contribution in [0.4, 0.5) is 0 Å². The molecule has 25 heavy (non-hydrogen) atoms. The summed E-state index contributed by atoms with van der Waals surface area (Å²) in [6, 6.07) is 0. The summed E-state index contributed by atoms with van der Waals surface area (Å²) in [5.74, 6) is 0.0485. The van der Waals surface area contributed by atoms with E-state index in [1.807, 2.05) is 20.4 Å². The summed E-state index contributed by atoms with van der Waals surface area (Å²) in [6.45, 7) is 10.4. The minimum absolute atomic E-state index is 0.00546. The molecule has 7 nitrogen and oxygen atoms in total. The normalized spacial score (nSPS) is 21.5. The monoisotopic (exact) mass is 363 g/mol. The Kier molecular flexibility index (Phi) is 5.72. The smallest absolute Gasteiger partial charge is 0.227 e. The second kappa shape index (κ2) is 7.98. The molecule has 0 atom stereocenters. The molecule has 0 radical (unpaired) electrons. The Morgan fingerprint density at radius 1 is 1.04 bits per heavy atom. The molecular weight excluding hydrogens is 338 g/mol. The van der Waals surface area contributed by atoms with Gasteiger partial charge in [-0.1, -0.05) is 5.70 Å². The molecular formula is C17H25N3O4Si. The van der Waals surface area contributed by atoms with Crippen LogP contribution in [0.3, 0.4) is 0 Å². The molecule has 136 valence electrons. The van der Waals surface area contributed by atoms with Crippen molar-refractivity contribution in [2.24, 2.45) is 0 Å². The molecule has 0 unspecified atom stereocenters. The van der Waals surface area contributed by atoms with Crippen molar-refractivity contribution in [3.8, 4) is 0 Å². The number of nitrogens with zero attached hydrogens (tertiary/aromatic N) is 3. The van der Waals surface area contributed by atoms with Gasteiger partial charge in [-0.3, -0.25) is 9.59 Å². The van der Waals surface area contributed by atoms with E-state index in [4.69, 9.17) is 9.16 Å². The Balaban J connectivity index is 0.000000197. The third-order valence-electron chi connectivity index (χ3n) is 4.16. The van der Waals surface area contributed by atoms with Gasteiger partial charge in [0, 0.05) is 52.5 Å². The molecule has 0 aromatic rings. The summed E-state index contributed by atoms with van der Waals surface area (Å²) in [5, 5.41) is 0. The lowest BCUT2D eigenvalue weighted by Gasteiger charge is -2.21. The highest BCUT2D eigenvalue weighted by atomic mass is 28.2. The summed E-state index contributed by atoms with van der Waals surface area (Å²) in [6.07, 6.45) is 1.52. The first-order chi connectivity index (χ1) is 12.2. The summed E-state index contributed by atoms with van der Waals surface area (Å²) in [4.78, 5) is 30.5. The first-order valence-electron chi connectivity index (χ1n) is 8.64. The average molecular weight is 363 g/mol. The zero-order chi connectivity index (χ0) is 17.8. The predicted octanol–water partition coefficient (Wildman–Crippen LogP) is -0.943. The van der Waals surface area contributed by atoms with Crippen molar-refractivity contribution < 1.29 is 18.8 Å². The number of rotatable bonds is 8. The first kappa shape index (κ1) is 17.9. The van der Waals surface area contributed by atoms with E-state index in [9.17, 15) is 9.59 Å². The van der Waals surface area contributed by atoms with Crippen LogP contribution in [-0.2, 0) is 18.8 Å². The Bertz CT molecular complexity index is 619. The van der Waals surface area contributed by atoms with E-state index in [2.05, 4.69) is 6.58 Å². The number of ether oxygens (including phenoxy) is 1. The fraction of sp³-hybridized carbons (Fsp3) is 0.529. The molecule has 4 rings (SSSR count). The van der Waals surface area contributed by atoms with Gasteiger partial charge in [-0.25, -0.2) is 0 Å². The maximum Gasteiger partial charge on any atom is 0.227 e. The van der Waals surface area contributed by atoms with Gasteiger partial charge in [-0.15, -0.1) is 6.58 Å². The maximum atomic E-state index is 12.4. The van der Waals surface area contributed by atoms with Gasteiger partial charge in [-0.05, 0) is 0 Å². The summed E-state index contributed by atoms with van der Waals surface area (Å²) >= 11 is 0. The van der Waals surface area contributed by atoms with E-state index in [1.54, 1.807) is 7.11 Å². The van der Waals surface area contributed by atoms with Crippen molar-refractivity contribution in [1.82, 2.24) is 14.7 Å². The second-order valence-electron chi connectivity index (χ2n) is 6.24. The van der Waals surface area contributed by atoms with Crippen LogP contribution in [0, 0.1) is 0 Å². The van der Waals surface area contributed by atoms with Crippen molar-refractivity contribution >= 4 is 21.3 Å². The summed E-state index contributed by atoms with van der Waals surface area (Å²) in [7, 11) is 1.25. The number of ketones is 2. The molecule has 0 bridgehead atoms. The molecule has 3 saturated heterocycles. The fourth-order valence-corrected chi connectivity index (χ4v) is 3.04. The molecule has 3 heterocycles. The lowest BCUT2D eigenvalue weighted by atomic mass is 10.0. The largest absolute Gasteiger partial charge is 0.417 e. The highest BCUT2D eigenvalue weighted by Crippen LogP contribution is 2.33. The Hall–Kier alpha value is -1.90. The highest BCUT2D eigenvalue weighted by molar-refractivity contribution is 6.34. The van der Waals surface area contributed by atoms with E-state index < -0.39 is 9.76 Å².